The molecular weight excluding hydrogens is 555 g/mol. The van der Waals surface area contributed by atoms with Gasteiger partial charge >= 0.3 is 6.03 Å². The van der Waals surface area contributed by atoms with E-state index < -0.39 is 23.7 Å². The number of amides is 4. The van der Waals surface area contributed by atoms with Crippen molar-refractivity contribution in [1.82, 2.24) is 5.32 Å². The number of para-hydroxylation sites is 1. The molecule has 1 aliphatic heterocycles. The summed E-state index contributed by atoms with van der Waals surface area (Å²) in [7, 11) is 0. The summed E-state index contributed by atoms with van der Waals surface area (Å²) in [5.74, 6) is -2.09. The zero-order chi connectivity index (χ0) is 25.8. The molecule has 4 amide bonds. The van der Waals surface area contributed by atoms with Crippen LogP contribution in [0.15, 0.2) is 70.7 Å². The standard InChI is InChI=1S/C26H19BrClFN2O5/c1-2-35-22-13-15(12-19(28)23(22)36-14-16-7-3-4-8-18(16)27)11-17-24(32)30-26(34)31(25(17)33)21-10-6-5-9-20(21)29/h3-13H,2,14H2,1H3,(H,30,32,34)/b17-11-. The summed E-state index contributed by atoms with van der Waals surface area (Å²) >= 11 is 9.96. The number of hydrogen-bond donors (Lipinski definition) is 1. The number of carbonyl (C=O) groups is 3. The lowest BCUT2D eigenvalue weighted by Crippen LogP contribution is -2.54. The second kappa shape index (κ2) is 10.9. The van der Waals surface area contributed by atoms with Gasteiger partial charge in [-0.25, -0.2) is 14.1 Å². The maximum atomic E-state index is 14.3. The topological polar surface area (TPSA) is 84.9 Å². The minimum atomic E-state index is -1.05. The Morgan fingerprint density at radius 2 is 1.78 bits per heavy atom. The molecule has 3 aromatic carbocycles. The number of hydrogen-bond acceptors (Lipinski definition) is 5. The second-order valence-corrected chi connectivity index (χ2v) is 8.81. The number of benzene rings is 3. The minimum Gasteiger partial charge on any atom is -0.490 e. The highest BCUT2D eigenvalue weighted by Crippen LogP contribution is 2.38. The summed E-state index contributed by atoms with van der Waals surface area (Å²) in [5.41, 5.74) is 0.586. The summed E-state index contributed by atoms with van der Waals surface area (Å²) in [6, 6.07) is 14.8. The van der Waals surface area contributed by atoms with Crippen molar-refractivity contribution in [2.75, 3.05) is 11.5 Å². The molecule has 0 atom stereocenters. The first-order valence-corrected chi connectivity index (χ1v) is 12.0. The van der Waals surface area contributed by atoms with E-state index in [0.717, 1.165) is 16.1 Å². The number of barbiturate groups is 1. The van der Waals surface area contributed by atoms with Crippen LogP contribution < -0.4 is 19.7 Å². The molecule has 1 N–H and O–H groups in total. The molecule has 0 saturated carbocycles. The van der Waals surface area contributed by atoms with Gasteiger partial charge in [0, 0.05) is 10.0 Å². The fourth-order valence-electron chi connectivity index (χ4n) is 3.52. The molecule has 3 aromatic rings. The van der Waals surface area contributed by atoms with Crippen molar-refractivity contribution in [3.63, 3.8) is 0 Å². The van der Waals surface area contributed by atoms with E-state index in [-0.39, 0.29) is 22.9 Å². The molecule has 0 bridgehead atoms. The molecule has 4 rings (SSSR count). The number of rotatable bonds is 7. The lowest BCUT2D eigenvalue weighted by molar-refractivity contribution is -0.122. The van der Waals surface area contributed by atoms with Crippen molar-refractivity contribution in [2.45, 2.75) is 13.5 Å². The zero-order valence-corrected chi connectivity index (χ0v) is 21.2. The maximum Gasteiger partial charge on any atom is 0.336 e. The quantitative estimate of drug-likeness (QED) is 0.282. The first-order chi connectivity index (χ1) is 17.3. The number of carbonyl (C=O) groups excluding carboxylic acids is 3. The van der Waals surface area contributed by atoms with Gasteiger partial charge < -0.3 is 9.47 Å². The van der Waals surface area contributed by atoms with Crippen molar-refractivity contribution >= 4 is 57.1 Å². The first-order valence-electron chi connectivity index (χ1n) is 10.8. The lowest BCUT2D eigenvalue weighted by Gasteiger charge is -2.26. The monoisotopic (exact) mass is 572 g/mol. The van der Waals surface area contributed by atoms with Crippen molar-refractivity contribution in [2.24, 2.45) is 0 Å². The van der Waals surface area contributed by atoms with Gasteiger partial charge in [0.15, 0.2) is 11.5 Å². The van der Waals surface area contributed by atoms with Gasteiger partial charge in [-0.05, 0) is 48.9 Å². The lowest BCUT2D eigenvalue weighted by atomic mass is 10.1. The third-order valence-electron chi connectivity index (χ3n) is 5.17. The Hall–Kier alpha value is -3.69. The summed E-state index contributed by atoms with van der Waals surface area (Å²) < 4.78 is 26.8. The van der Waals surface area contributed by atoms with Crippen LogP contribution in [0, 0.1) is 5.82 Å². The number of halogens is 3. The van der Waals surface area contributed by atoms with Crippen molar-refractivity contribution in [3.05, 3.63) is 92.7 Å². The van der Waals surface area contributed by atoms with Crippen LogP contribution in [-0.4, -0.2) is 24.5 Å². The van der Waals surface area contributed by atoms with Crippen LogP contribution in [0.2, 0.25) is 5.02 Å². The molecule has 0 aromatic heterocycles. The predicted octanol–water partition coefficient (Wildman–Crippen LogP) is 5.89. The van der Waals surface area contributed by atoms with Gasteiger partial charge in [0.05, 0.1) is 17.3 Å². The number of ether oxygens (including phenoxy) is 2. The average molecular weight is 574 g/mol. The Bertz CT molecular complexity index is 1390. The van der Waals surface area contributed by atoms with Crippen LogP contribution >= 0.6 is 27.5 Å². The Balaban J connectivity index is 1.68. The molecule has 184 valence electrons. The third kappa shape index (κ3) is 5.27. The number of nitrogens with one attached hydrogen (secondary N) is 1. The van der Waals surface area contributed by atoms with Gasteiger partial charge in [-0.3, -0.25) is 14.9 Å². The van der Waals surface area contributed by atoms with E-state index in [1.54, 1.807) is 13.0 Å². The van der Waals surface area contributed by atoms with Crippen LogP contribution in [0.1, 0.15) is 18.1 Å². The molecule has 0 unspecified atom stereocenters. The largest absolute Gasteiger partial charge is 0.490 e. The Kier molecular flexibility index (Phi) is 7.71. The van der Waals surface area contributed by atoms with E-state index in [0.29, 0.717) is 28.6 Å². The van der Waals surface area contributed by atoms with Gasteiger partial charge in [-0.2, -0.15) is 0 Å². The van der Waals surface area contributed by atoms with E-state index in [2.05, 4.69) is 21.2 Å². The van der Waals surface area contributed by atoms with Crippen molar-refractivity contribution in [1.29, 1.82) is 0 Å². The summed E-state index contributed by atoms with van der Waals surface area (Å²) in [4.78, 5) is 38.5. The van der Waals surface area contributed by atoms with Crippen molar-refractivity contribution in [3.8, 4) is 11.5 Å². The molecule has 1 aliphatic rings. The highest BCUT2D eigenvalue weighted by atomic mass is 79.9. The fourth-order valence-corrected chi connectivity index (χ4v) is 4.19. The molecule has 10 heteroatoms. The zero-order valence-electron chi connectivity index (χ0n) is 18.9. The fraction of sp³-hybridized carbons (Fsp3) is 0.115. The summed E-state index contributed by atoms with van der Waals surface area (Å²) in [5, 5.41) is 2.25. The maximum absolute atomic E-state index is 14.3. The van der Waals surface area contributed by atoms with Gasteiger partial charge in [0.2, 0.25) is 0 Å². The van der Waals surface area contributed by atoms with Gasteiger partial charge in [0.1, 0.15) is 18.0 Å². The molecule has 7 nitrogen and oxygen atoms in total. The Labute approximate surface area is 219 Å². The number of urea groups is 1. The van der Waals surface area contributed by atoms with Gasteiger partial charge in [-0.1, -0.05) is 57.9 Å². The first kappa shape index (κ1) is 25.4. The molecule has 1 saturated heterocycles. The molecule has 1 heterocycles. The third-order valence-corrected chi connectivity index (χ3v) is 6.22. The average Bonchev–Trinajstić information content (AvgIpc) is 2.83. The molecule has 0 radical (unpaired) electrons. The van der Waals surface area contributed by atoms with Crippen LogP contribution in [0.4, 0.5) is 14.9 Å². The molecular formula is C26H19BrClFN2O5. The highest BCUT2D eigenvalue weighted by Gasteiger charge is 2.38. The SMILES string of the molecule is CCOc1cc(/C=C2/C(=O)NC(=O)N(c3ccccc3F)C2=O)cc(Cl)c1OCc1ccccc1Br. The molecule has 36 heavy (non-hydrogen) atoms. The van der Waals surface area contributed by atoms with E-state index in [1.807, 2.05) is 24.3 Å². The van der Waals surface area contributed by atoms with E-state index in [1.165, 1.54) is 30.3 Å². The summed E-state index contributed by atoms with van der Waals surface area (Å²) in [6.07, 6.45) is 1.25. The number of anilines is 1. The normalized spacial score (nSPS) is 14.7. The Morgan fingerprint density at radius 3 is 2.50 bits per heavy atom. The van der Waals surface area contributed by atoms with Crippen LogP contribution in [0.5, 0.6) is 11.5 Å². The highest BCUT2D eigenvalue weighted by molar-refractivity contribution is 9.10. The second-order valence-electron chi connectivity index (χ2n) is 7.55. The predicted molar refractivity (Wildman–Crippen MR) is 136 cm³/mol. The van der Waals surface area contributed by atoms with E-state index in [9.17, 15) is 18.8 Å². The van der Waals surface area contributed by atoms with E-state index in [4.69, 9.17) is 21.1 Å². The van der Waals surface area contributed by atoms with Crippen LogP contribution in [0.25, 0.3) is 6.08 Å². The van der Waals surface area contributed by atoms with Crippen LogP contribution in [0.3, 0.4) is 0 Å². The van der Waals surface area contributed by atoms with Crippen LogP contribution in [-0.2, 0) is 16.2 Å². The molecule has 1 fully saturated rings. The molecule has 0 aliphatic carbocycles. The van der Waals surface area contributed by atoms with E-state index >= 15 is 0 Å². The smallest absolute Gasteiger partial charge is 0.336 e. The summed E-state index contributed by atoms with van der Waals surface area (Å²) in [6.45, 7) is 2.30. The number of nitrogens with zero attached hydrogens (tertiary/aromatic N) is 1. The molecule has 0 spiro atoms. The van der Waals surface area contributed by atoms with Crippen molar-refractivity contribution < 1.29 is 28.2 Å². The minimum absolute atomic E-state index is 0.186. The van der Waals surface area contributed by atoms with Gasteiger partial charge in [-0.15, -0.1) is 0 Å². The van der Waals surface area contributed by atoms with Gasteiger partial charge in [0.25, 0.3) is 11.8 Å². The Morgan fingerprint density at radius 1 is 1.06 bits per heavy atom. The number of imide groups is 2.